The van der Waals surface area contributed by atoms with Crippen molar-refractivity contribution in [3.8, 4) is 0 Å². The van der Waals surface area contributed by atoms with E-state index in [1.807, 2.05) is 0 Å². The molecule has 0 aliphatic carbocycles. The fourth-order valence-corrected chi connectivity index (χ4v) is 2.01. The van der Waals surface area contributed by atoms with Gasteiger partial charge < -0.3 is 0 Å². The van der Waals surface area contributed by atoms with Crippen LogP contribution in [0.3, 0.4) is 0 Å². The molecular formula is C12H10FNO3S. The molecule has 0 spiro atoms. The normalized spacial score (nSPS) is 11.4. The predicted octanol–water partition coefficient (Wildman–Crippen LogP) is 2.06. The molecule has 0 bridgehead atoms. The molecule has 0 aliphatic heterocycles. The predicted molar refractivity (Wildman–Crippen MR) is 63.3 cm³/mol. The first-order chi connectivity index (χ1) is 8.45. The maximum Gasteiger partial charge on any atom is 0.294 e. The van der Waals surface area contributed by atoms with Crippen LogP contribution in [0.2, 0.25) is 0 Å². The number of benzene rings is 1. The van der Waals surface area contributed by atoms with E-state index in [1.54, 1.807) is 18.2 Å². The Kier molecular flexibility index (Phi) is 3.40. The third-order valence-corrected chi connectivity index (χ3v) is 3.29. The summed E-state index contributed by atoms with van der Waals surface area (Å²) in [5.74, 6) is -0.541. The van der Waals surface area contributed by atoms with Gasteiger partial charge in [-0.25, -0.2) is 4.98 Å². The van der Waals surface area contributed by atoms with Crippen LogP contribution < -0.4 is 0 Å². The second-order valence-electron chi connectivity index (χ2n) is 3.78. The van der Waals surface area contributed by atoms with Crippen LogP contribution in [0.4, 0.5) is 4.39 Å². The highest BCUT2D eigenvalue weighted by atomic mass is 32.2. The van der Waals surface area contributed by atoms with Crippen LogP contribution in [0.15, 0.2) is 47.5 Å². The number of hydrogen-bond acceptors (Lipinski definition) is 3. The second kappa shape index (κ2) is 4.83. The Labute approximate surface area is 104 Å². The molecule has 1 aromatic heterocycles. The van der Waals surface area contributed by atoms with Gasteiger partial charge in [-0.2, -0.15) is 12.8 Å². The molecule has 4 nitrogen and oxygen atoms in total. The Balaban J connectivity index is 2.18. The summed E-state index contributed by atoms with van der Waals surface area (Å²) in [6.07, 6.45) is 1.94. The maximum absolute atomic E-state index is 12.6. The van der Waals surface area contributed by atoms with Crippen molar-refractivity contribution in [3.63, 3.8) is 0 Å². The van der Waals surface area contributed by atoms with Crippen molar-refractivity contribution in [2.45, 2.75) is 11.3 Å². The number of pyridine rings is 1. The Bertz CT molecular complexity index is 636. The molecule has 1 aromatic carbocycles. The van der Waals surface area contributed by atoms with Gasteiger partial charge in [-0.15, -0.1) is 0 Å². The number of hydrogen-bond donors (Lipinski definition) is 1. The topological polar surface area (TPSA) is 67.3 Å². The van der Waals surface area contributed by atoms with Crippen molar-refractivity contribution in [1.82, 2.24) is 4.98 Å². The maximum atomic E-state index is 12.6. The smallest absolute Gasteiger partial charge is 0.282 e. The summed E-state index contributed by atoms with van der Waals surface area (Å²) in [6, 6.07) is 8.70. The van der Waals surface area contributed by atoms with E-state index in [2.05, 4.69) is 4.98 Å². The molecular weight excluding hydrogens is 257 g/mol. The van der Waals surface area contributed by atoms with Crippen LogP contribution >= 0.6 is 0 Å². The van der Waals surface area contributed by atoms with Crippen LogP contribution in [-0.2, 0) is 16.5 Å². The Hall–Kier alpha value is -1.79. The fourth-order valence-electron chi connectivity index (χ4n) is 1.53. The van der Waals surface area contributed by atoms with Crippen molar-refractivity contribution in [2.24, 2.45) is 0 Å². The van der Waals surface area contributed by atoms with E-state index >= 15 is 0 Å². The van der Waals surface area contributed by atoms with Crippen molar-refractivity contribution >= 4 is 10.1 Å². The van der Waals surface area contributed by atoms with Gasteiger partial charge in [0.1, 0.15) is 0 Å². The molecule has 1 heterocycles. The number of halogens is 1. The van der Waals surface area contributed by atoms with Crippen molar-refractivity contribution < 1.29 is 17.4 Å². The monoisotopic (exact) mass is 267 g/mol. The molecule has 0 amide bonds. The van der Waals surface area contributed by atoms with Crippen LogP contribution in [0, 0.1) is 5.95 Å². The molecule has 0 aliphatic rings. The molecule has 18 heavy (non-hydrogen) atoms. The lowest BCUT2D eigenvalue weighted by molar-refractivity contribution is 0.483. The zero-order chi connectivity index (χ0) is 13.2. The summed E-state index contributed by atoms with van der Waals surface area (Å²) >= 11 is 0. The second-order valence-corrected chi connectivity index (χ2v) is 5.21. The fraction of sp³-hybridized carbons (Fsp3) is 0.0833. The molecule has 0 unspecified atom stereocenters. The minimum Gasteiger partial charge on any atom is -0.282 e. The first-order valence-corrected chi connectivity index (χ1v) is 6.56. The van der Waals surface area contributed by atoms with Crippen molar-refractivity contribution in [2.75, 3.05) is 0 Å². The van der Waals surface area contributed by atoms with Gasteiger partial charge in [-0.3, -0.25) is 4.55 Å². The molecule has 0 saturated heterocycles. The minimum absolute atomic E-state index is 0.150. The van der Waals surface area contributed by atoms with E-state index in [4.69, 9.17) is 4.55 Å². The highest BCUT2D eigenvalue weighted by Gasteiger charge is 2.08. The molecule has 2 aromatic rings. The summed E-state index contributed by atoms with van der Waals surface area (Å²) in [6.45, 7) is 0. The molecule has 0 fully saturated rings. The Morgan fingerprint density at radius 1 is 1.06 bits per heavy atom. The summed E-state index contributed by atoms with van der Waals surface area (Å²) in [5, 5.41) is 0. The van der Waals surface area contributed by atoms with Gasteiger partial charge in [0, 0.05) is 6.20 Å². The lowest BCUT2D eigenvalue weighted by Crippen LogP contribution is -1.98. The highest BCUT2D eigenvalue weighted by molar-refractivity contribution is 7.85. The van der Waals surface area contributed by atoms with Crippen LogP contribution in [0.1, 0.15) is 11.1 Å². The van der Waals surface area contributed by atoms with E-state index < -0.39 is 16.1 Å². The first kappa shape index (κ1) is 12.7. The van der Waals surface area contributed by atoms with Crippen LogP contribution in [0.25, 0.3) is 0 Å². The average molecular weight is 267 g/mol. The standard InChI is InChI=1S/C12H10FNO3S/c13-12-6-3-10(8-14-12)7-9-1-4-11(5-2-9)18(15,16)17/h1-6,8H,7H2,(H,15,16,17). The third-order valence-electron chi connectivity index (χ3n) is 2.42. The van der Waals surface area contributed by atoms with Gasteiger partial charge in [-0.05, 0) is 35.7 Å². The SMILES string of the molecule is O=S(=O)(O)c1ccc(Cc2ccc(F)nc2)cc1. The first-order valence-electron chi connectivity index (χ1n) is 5.12. The third kappa shape index (κ3) is 3.12. The average Bonchev–Trinajstić information content (AvgIpc) is 2.32. The van der Waals surface area contributed by atoms with Gasteiger partial charge in [0.15, 0.2) is 0 Å². The van der Waals surface area contributed by atoms with Crippen molar-refractivity contribution in [3.05, 3.63) is 59.7 Å². The van der Waals surface area contributed by atoms with E-state index in [0.29, 0.717) is 6.42 Å². The summed E-state index contributed by atoms with van der Waals surface area (Å²) in [7, 11) is -4.16. The summed E-state index contributed by atoms with van der Waals surface area (Å²) in [4.78, 5) is 3.38. The summed E-state index contributed by atoms with van der Waals surface area (Å²) < 4.78 is 43.1. The van der Waals surface area contributed by atoms with E-state index in [9.17, 15) is 12.8 Å². The van der Waals surface area contributed by atoms with E-state index in [0.717, 1.165) is 11.1 Å². The molecule has 0 radical (unpaired) electrons. The zero-order valence-electron chi connectivity index (χ0n) is 9.25. The summed E-state index contributed by atoms with van der Waals surface area (Å²) in [5.41, 5.74) is 1.66. The zero-order valence-corrected chi connectivity index (χ0v) is 10.1. The van der Waals surface area contributed by atoms with Gasteiger partial charge in [0.05, 0.1) is 4.90 Å². The van der Waals surface area contributed by atoms with Crippen LogP contribution in [-0.4, -0.2) is 18.0 Å². The lowest BCUT2D eigenvalue weighted by Gasteiger charge is -2.02. The molecule has 1 N–H and O–H groups in total. The molecule has 0 saturated carbocycles. The molecule has 94 valence electrons. The highest BCUT2D eigenvalue weighted by Crippen LogP contribution is 2.13. The van der Waals surface area contributed by atoms with Gasteiger partial charge in [0.25, 0.3) is 10.1 Å². The quantitative estimate of drug-likeness (QED) is 0.682. The number of rotatable bonds is 3. The van der Waals surface area contributed by atoms with Crippen molar-refractivity contribution in [1.29, 1.82) is 0 Å². The van der Waals surface area contributed by atoms with Gasteiger partial charge >= 0.3 is 0 Å². The largest absolute Gasteiger partial charge is 0.294 e. The molecule has 6 heteroatoms. The van der Waals surface area contributed by atoms with E-state index in [-0.39, 0.29) is 4.90 Å². The van der Waals surface area contributed by atoms with E-state index in [1.165, 1.54) is 24.4 Å². The van der Waals surface area contributed by atoms with Crippen LogP contribution in [0.5, 0.6) is 0 Å². The molecule has 0 atom stereocenters. The number of aromatic nitrogens is 1. The minimum atomic E-state index is -4.16. The molecule has 2 rings (SSSR count). The number of nitrogens with zero attached hydrogens (tertiary/aromatic N) is 1. The van der Waals surface area contributed by atoms with Gasteiger partial charge in [0.2, 0.25) is 5.95 Å². The Morgan fingerprint density at radius 3 is 2.17 bits per heavy atom. The Morgan fingerprint density at radius 2 is 1.67 bits per heavy atom. The van der Waals surface area contributed by atoms with Gasteiger partial charge in [-0.1, -0.05) is 18.2 Å². The lowest BCUT2D eigenvalue weighted by atomic mass is 10.1.